The van der Waals surface area contributed by atoms with Crippen LogP contribution in [0.25, 0.3) is 0 Å². The lowest BCUT2D eigenvalue weighted by atomic mass is 10.0. The molecule has 0 spiro atoms. The molecule has 0 aromatic heterocycles. The molecule has 0 unspecified atom stereocenters. The van der Waals surface area contributed by atoms with Crippen LogP contribution in [0, 0.1) is 6.92 Å². The van der Waals surface area contributed by atoms with Crippen molar-refractivity contribution in [2.75, 3.05) is 11.8 Å². The molecule has 0 bridgehead atoms. The first-order valence-electron chi connectivity index (χ1n) is 5.68. The summed E-state index contributed by atoms with van der Waals surface area (Å²) in [5.41, 5.74) is 0.876. The predicted molar refractivity (Wildman–Crippen MR) is 78.1 cm³/mol. The fraction of sp³-hybridized carbons (Fsp3) is 0.462. The van der Waals surface area contributed by atoms with Gasteiger partial charge in [-0.3, -0.25) is 4.79 Å². The van der Waals surface area contributed by atoms with E-state index in [9.17, 15) is 4.79 Å². The molecule has 0 saturated carbocycles. The SMILES string of the molecule is CCC(CCl)(CCl)NC(=O)c1ccc(C)c(Cl)c1. The highest BCUT2D eigenvalue weighted by molar-refractivity contribution is 6.31. The van der Waals surface area contributed by atoms with E-state index >= 15 is 0 Å². The summed E-state index contributed by atoms with van der Waals surface area (Å²) in [7, 11) is 0. The molecule has 0 radical (unpaired) electrons. The van der Waals surface area contributed by atoms with Gasteiger partial charge in [-0.25, -0.2) is 0 Å². The maximum Gasteiger partial charge on any atom is 0.251 e. The van der Waals surface area contributed by atoms with Crippen LogP contribution < -0.4 is 5.32 Å². The summed E-state index contributed by atoms with van der Waals surface area (Å²) in [4.78, 5) is 12.1. The molecule has 1 aromatic carbocycles. The summed E-state index contributed by atoms with van der Waals surface area (Å²) < 4.78 is 0. The Kier molecular flexibility index (Phi) is 5.77. The first-order valence-corrected chi connectivity index (χ1v) is 7.13. The Labute approximate surface area is 123 Å². The first-order chi connectivity index (χ1) is 8.48. The standard InChI is InChI=1S/C13H16Cl3NO/c1-3-13(7-14,8-15)17-12(18)10-5-4-9(2)11(16)6-10/h4-6H,3,7-8H2,1-2H3,(H,17,18). The topological polar surface area (TPSA) is 29.1 Å². The summed E-state index contributed by atoms with van der Waals surface area (Å²) in [6.45, 7) is 3.82. The van der Waals surface area contributed by atoms with Gasteiger partial charge in [0.1, 0.15) is 0 Å². The van der Waals surface area contributed by atoms with Gasteiger partial charge < -0.3 is 5.32 Å². The van der Waals surface area contributed by atoms with E-state index in [1.54, 1.807) is 12.1 Å². The van der Waals surface area contributed by atoms with Gasteiger partial charge in [0, 0.05) is 22.3 Å². The highest BCUT2D eigenvalue weighted by atomic mass is 35.5. The van der Waals surface area contributed by atoms with Crippen molar-refractivity contribution in [2.45, 2.75) is 25.8 Å². The fourth-order valence-corrected chi connectivity index (χ4v) is 2.40. The summed E-state index contributed by atoms with van der Waals surface area (Å²) in [5.74, 6) is 0.344. The number of aryl methyl sites for hydroxylation is 1. The van der Waals surface area contributed by atoms with E-state index in [1.807, 2.05) is 19.9 Å². The van der Waals surface area contributed by atoms with Crippen LogP contribution in [0.3, 0.4) is 0 Å². The molecule has 0 aliphatic rings. The Morgan fingerprint density at radius 2 is 1.94 bits per heavy atom. The van der Waals surface area contributed by atoms with E-state index < -0.39 is 5.54 Å². The molecule has 1 rings (SSSR count). The third-order valence-corrected chi connectivity index (χ3v) is 4.43. The third kappa shape index (κ3) is 3.53. The monoisotopic (exact) mass is 307 g/mol. The second-order valence-corrected chi connectivity index (χ2v) is 5.26. The van der Waals surface area contributed by atoms with Gasteiger partial charge in [0.2, 0.25) is 0 Å². The van der Waals surface area contributed by atoms with Crippen LogP contribution in [0.2, 0.25) is 5.02 Å². The number of amides is 1. The lowest BCUT2D eigenvalue weighted by Gasteiger charge is -2.29. The van der Waals surface area contributed by atoms with Crippen LogP contribution in [-0.4, -0.2) is 23.2 Å². The van der Waals surface area contributed by atoms with Crippen LogP contribution in [0.1, 0.15) is 29.3 Å². The van der Waals surface area contributed by atoms with Crippen LogP contribution in [0.5, 0.6) is 0 Å². The predicted octanol–water partition coefficient (Wildman–Crippen LogP) is 4.00. The van der Waals surface area contributed by atoms with Gasteiger partial charge in [-0.2, -0.15) is 0 Å². The van der Waals surface area contributed by atoms with Crippen molar-refractivity contribution in [3.8, 4) is 0 Å². The summed E-state index contributed by atoms with van der Waals surface area (Å²) in [6, 6.07) is 5.20. The average Bonchev–Trinajstić information content (AvgIpc) is 2.39. The van der Waals surface area contributed by atoms with Crippen LogP contribution in [-0.2, 0) is 0 Å². The van der Waals surface area contributed by atoms with E-state index in [0.717, 1.165) is 5.56 Å². The maximum absolute atomic E-state index is 12.1. The highest BCUT2D eigenvalue weighted by Gasteiger charge is 2.28. The zero-order valence-corrected chi connectivity index (χ0v) is 12.7. The molecule has 1 aromatic rings. The molecular weight excluding hydrogens is 293 g/mol. The minimum atomic E-state index is -0.572. The van der Waals surface area contributed by atoms with E-state index in [1.165, 1.54) is 0 Å². The van der Waals surface area contributed by atoms with Gasteiger partial charge in [-0.1, -0.05) is 24.6 Å². The zero-order valence-electron chi connectivity index (χ0n) is 10.4. The van der Waals surface area contributed by atoms with Crippen molar-refractivity contribution in [1.82, 2.24) is 5.32 Å². The van der Waals surface area contributed by atoms with E-state index in [2.05, 4.69) is 5.32 Å². The molecule has 0 atom stereocenters. The Bertz CT molecular complexity index is 422. The molecule has 0 heterocycles. The summed E-state index contributed by atoms with van der Waals surface area (Å²) in [5, 5.41) is 3.45. The number of hydrogen-bond donors (Lipinski definition) is 1. The van der Waals surface area contributed by atoms with Crippen molar-refractivity contribution in [1.29, 1.82) is 0 Å². The Morgan fingerprint density at radius 3 is 2.39 bits per heavy atom. The molecule has 5 heteroatoms. The third-order valence-electron chi connectivity index (χ3n) is 3.00. The van der Waals surface area contributed by atoms with Gasteiger partial charge in [-0.15, -0.1) is 23.2 Å². The van der Waals surface area contributed by atoms with Crippen molar-refractivity contribution in [3.05, 3.63) is 34.3 Å². The molecule has 0 aliphatic heterocycles. The van der Waals surface area contributed by atoms with Crippen molar-refractivity contribution < 1.29 is 4.79 Å². The van der Waals surface area contributed by atoms with Crippen LogP contribution in [0.4, 0.5) is 0 Å². The summed E-state index contributed by atoms with van der Waals surface area (Å²) >= 11 is 17.8. The highest BCUT2D eigenvalue weighted by Crippen LogP contribution is 2.19. The van der Waals surface area contributed by atoms with Crippen LogP contribution in [0.15, 0.2) is 18.2 Å². The molecule has 2 nitrogen and oxygen atoms in total. The van der Waals surface area contributed by atoms with Crippen molar-refractivity contribution in [3.63, 3.8) is 0 Å². The van der Waals surface area contributed by atoms with Gasteiger partial charge in [0.15, 0.2) is 0 Å². The number of nitrogens with one attached hydrogen (secondary N) is 1. The second-order valence-electron chi connectivity index (χ2n) is 4.32. The maximum atomic E-state index is 12.1. The van der Waals surface area contributed by atoms with Gasteiger partial charge in [-0.05, 0) is 31.0 Å². The number of halogens is 3. The second kappa shape index (κ2) is 6.65. The van der Waals surface area contributed by atoms with Gasteiger partial charge >= 0.3 is 0 Å². The first kappa shape index (κ1) is 15.6. The van der Waals surface area contributed by atoms with Gasteiger partial charge in [0.25, 0.3) is 5.91 Å². The molecule has 1 amide bonds. The number of carbonyl (C=O) groups excluding carboxylic acids is 1. The Balaban J connectivity index is 2.90. The Hall–Kier alpha value is -0.440. The van der Waals surface area contributed by atoms with E-state index in [4.69, 9.17) is 34.8 Å². The minimum Gasteiger partial charge on any atom is -0.344 e. The van der Waals surface area contributed by atoms with Crippen molar-refractivity contribution in [2.24, 2.45) is 0 Å². The number of rotatable bonds is 5. The average molecular weight is 309 g/mol. The minimum absolute atomic E-state index is 0.208. The molecule has 0 fully saturated rings. The molecule has 100 valence electrons. The normalized spacial score (nSPS) is 11.4. The largest absolute Gasteiger partial charge is 0.344 e. The smallest absolute Gasteiger partial charge is 0.251 e. The number of carbonyl (C=O) groups is 1. The van der Waals surface area contributed by atoms with Gasteiger partial charge in [0.05, 0.1) is 5.54 Å². The number of alkyl halides is 2. The number of hydrogen-bond acceptors (Lipinski definition) is 1. The quantitative estimate of drug-likeness (QED) is 0.818. The fourth-order valence-electron chi connectivity index (χ4n) is 1.43. The van der Waals surface area contributed by atoms with Crippen molar-refractivity contribution >= 4 is 40.7 Å². The molecule has 0 aliphatic carbocycles. The molecule has 0 saturated heterocycles. The number of benzene rings is 1. The lowest BCUT2D eigenvalue weighted by Crippen LogP contribution is -2.51. The zero-order chi connectivity index (χ0) is 13.8. The Morgan fingerprint density at radius 1 is 1.33 bits per heavy atom. The molecule has 1 N–H and O–H groups in total. The molecular formula is C13H16Cl3NO. The van der Waals surface area contributed by atoms with E-state index in [-0.39, 0.29) is 17.7 Å². The van der Waals surface area contributed by atoms with E-state index in [0.29, 0.717) is 17.0 Å². The van der Waals surface area contributed by atoms with Crippen LogP contribution >= 0.6 is 34.8 Å². The summed E-state index contributed by atoms with van der Waals surface area (Å²) in [6.07, 6.45) is 0.672. The lowest BCUT2D eigenvalue weighted by molar-refractivity contribution is 0.0913. The molecule has 18 heavy (non-hydrogen) atoms.